The molecule has 0 fully saturated rings. The summed E-state index contributed by atoms with van der Waals surface area (Å²) in [5.74, 6) is 0. The van der Waals surface area contributed by atoms with Crippen LogP contribution in [0.1, 0.15) is 33.1 Å². The summed E-state index contributed by atoms with van der Waals surface area (Å²) in [6.07, 6.45) is 3.17. The van der Waals surface area contributed by atoms with Gasteiger partial charge < -0.3 is 17.9 Å². The van der Waals surface area contributed by atoms with Gasteiger partial charge in [-0.15, -0.1) is 0 Å². The first-order valence-electron chi connectivity index (χ1n) is 6.93. The van der Waals surface area contributed by atoms with E-state index < -0.39 is 16.2 Å². The van der Waals surface area contributed by atoms with Crippen molar-refractivity contribution in [2.45, 2.75) is 45.7 Å². The standard InChI is InChI=1S/C12H29O5PSi/c1-6-8-9-16-18(13,11-7-2)17-10-12-19(5,14-3)15-4/h6-12H2,1-5H3. The fourth-order valence-corrected chi connectivity index (χ4v) is 4.32. The van der Waals surface area contributed by atoms with Crippen molar-refractivity contribution < 1.29 is 22.5 Å². The lowest BCUT2D eigenvalue weighted by atomic mass is 10.4. The molecular weight excluding hydrogens is 283 g/mol. The molecule has 0 aromatic heterocycles. The number of rotatable bonds is 12. The van der Waals surface area contributed by atoms with E-state index in [2.05, 4.69) is 6.92 Å². The first-order valence-corrected chi connectivity index (χ1v) is 11.2. The van der Waals surface area contributed by atoms with E-state index in [9.17, 15) is 4.57 Å². The Hall–Kier alpha value is 0.287. The molecule has 7 heteroatoms. The molecule has 19 heavy (non-hydrogen) atoms. The Balaban J connectivity index is 4.23. The molecule has 0 saturated carbocycles. The second kappa shape index (κ2) is 10.1. The smallest absolute Gasteiger partial charge is 0.336 e. The number of hydrogen-bond acceptors (Lipinski definition) is 5. The minimum absolute atomic E-state index is 0.355. The van der Waals surface area contributed by atoms with Gasteiger partial charge in [0, 0.05) is 26.4 Å². The van der Waals surface area contributed by atoms with Crippen molar-refractivity contribution >= 4 is 16.2 Å². The highest BCUT2D eigenvalue weighted by Gasteiger charge is 2.31. The Kier molecular flexibility index (Phi) is 10.2. The largest absolute Gasteiger partial charge is 0.398 e. The lowest BCUT2D eigenvalue weighted by Crippen LogP contribution is -2.37. The van der Waals surface area contributed by atoms with Gasteiger partial charge in [-0.2, -0.15) is 0 Å². The topological polar surface area (TPSA) is 54.0 Å². The van der Waals surface area contributed by atoms with Crippen LogP contribution in [0.3, 0.4) is 0 Å². The predicted molar refractivity (Wildman–Crippen MR) is 80.0 cm³/mol. The van der Waals surface area contributed by atoms with Crippen molar-refractivity contribution in [2.24, 2.45) is 0 Å². The fourth-order valence-electron chi connectivity index (χ4n) is 1.45. The van der Waals surface area contributed by atoms with Gasteiger partial charge in [-0.25, -0.2) is 0 Å². The molecule has 0 aliphatic carbocycles. The lowest BCUT2D eigenvalue weighted by Gasteiger charge is -2.24. The van der Waals surface area contributed by atoms with E-state index in [1.54, 1.807) is 14.2 Å². The molecule has 1 atom stereocenters. The van der Waals surface area contributed by atoms with Gasteiger partial charge in [0.25, 0.3) is 0 Å². The third-order valence-corrected chi connectivity index (χ3v) is 7.98. The summed E-state index contributed by atoms with van der Waals surface area (Å²) in [7, 11) is -1.83. The summed E-state index contributed by atoms with van der Waals surface area (Å²) < 4.78 is 34.2. The van der Waals surface area contributed by atoms with Gasteiger partial charge in [0.2, 0.25) is 0 Å². The van der Waals surface area contributed by atoms with Crippen LogP contribution in [-0.2, 0) is 22.5 Å². The van der Waals surface area contributed by atoms with Crippen LogP contribution in [0.15, 0.2) is 0 Å². The molecule has 0 bridgehead atoms. The summed E-state index contributed by atoms with van der Waals surface area (Å²) in [5.41, 5.74) is 0. The molecule has 0 aliphatic rings. The van der Waals surface area contributed by atoms with Crippen LogP contribution >= 0.6 is 7.60 Å². The molecule has 0 saturated heterocycles. The zero-order chi connectivity index (χ0) is 14.8. The monoisotopic (exact) mass is 312 g/mol. The first kappa shape index (κ1) is 19.3. The van der Waals surface area contributed by atoms with Crippen molar-refractivity contribution in [1.29, 1.82) is 0 Å². The molecule has 0 radical (unpaired) electrons. The zero-order valence-corrected chi connectivity index (χ0v) is 14.8. The molecule has 0 aromatic rings. The van der Waals surface area contributed by atoms with Crippen LogP contribution in [0, 0.1) is 0 Å². The van der Waals surface area contributed by atoms with Gasteiger partial charge in [0.05, 0.1) is 13.2 Å². The molecule has 0 spiro atoms. The molecular formula is C12H29O5PSi. The second-order valence-corrected chi connectivity index (χ2v) is 10.4. The molecule has 0 aliphatic heterocycles. The van der Waals surface area contributed by atoms with Gasteiger partial charge in [0.1, 0.15) is 0 Å². The highest BCUT2D eigenvalue weighted by molar-refractivity contribution is 7.53. The second-order valence-electron chi connectivity index (χ2n) is 4.65. The maximum Gasteiger partial charge on any atom is 0.336 e. The van der Waals surface area contributed by atoms with Crippen LogP contribution in [0.4, 0.5) is 0 Å². The fraction of sp³-hybridized carbons (Fsp3) is 1.00. The Morgan fingerprint density at radius 3 is 2.05 bits per heavy atom. The average Bonchev–Trinajstić information content (AvgIpc) is 2.39. The van der Waals surface area contributed by atoms with Gasteiger partial charge >= 0.3 is 16.2 Å². The van der Waals surface area contributed by atoms with Crippen molar-refractivity contribution in [2.75, 3.05) is 33.6 Å². The van der Waals surface area contributed by atoms with E-state index >= 15 is 0 Å². The molecule has 0 amide bonds. The number of unbranched alkanes of at least 4 members (excludes halogenated alkanes) is 1. The Labute approximate surface area is 118 Å². The minimum Gasteiger partial charge on any atom is -0.398 e. The van der Waals surface area contributed by atoms with Crippen LogP contribution in [0.5, 0.6) is 0 Å². The summed E-state index contributed by atoms with van der Waals surface area (Å²) in [4.78, 5) is 0. The highest BCUT2D eigenvalue weighted by atomic mass is 31.2. The predicted octanol–water partition coefficient (Wildman–Crippen LogP) is 3.79. The van der Waals surface area contributed by atoms with E-state index in [-0.39, 0.29) is 0 Å². The maximum absolute atomic E-state index is 12.4. The summed E-state index contributed by atoms with van der Waals surface area (Å²) >= 11 is 0. The SMILES string of the molecule is CCCCOP(=O)(CCC)OCC[Si](C)(OC)OC. The van der Waals surface area contributed by atoms with E-state index in [4.69, 9.17) is 17.9 Å². The molecule has 116 valence electrons. The van der Waals surface area contributed by atoms with Gasteiger partial charge in [0.15, 0.2) is 0 Å². The van der Waals surface area contributed by atoms with Crippen molar-refractivity contribution in [3.8, 4) is 0 Å². The molecule has 0 N–H and O–H groups in total. The third kappa shape index (κ3) is 8.22. The van der Waals surface area contributed by atoms with Gasteiger partial charge in [-0.3, -0.25) is 4.57 Å². The van der Waals surface area contributed by atoms with Gasteiger partial charge in [-0.05, 0) is 19.4 Å². The van der Waals surface area contributed by atoms with E-state index in [1.807, 2.05) is 13.5 Å². The summed E-state index contributed by atoms with van der Waals surface area (Å²) in [6, 6.07) is 0.644. The number of hydrogen-bond donors (Lipinski definition) is 0. The molecule has 0 rings (SSSR count). The van der Waals surface area contributed by atoms with E-state index in [0.29, 0.717) is 25.4 Å². The maximum atomic E-state index is 12.4. The lowest BCUT2D eigenvalue weighted by molar-refractivity contribution is 0.196. The Bertz CT molecular complexity index is 271. The van der Waals surface area contributed by atoms with Crippen LogP contribution < -0.4 is 0 Å². The highest BCUT2D eigenvalue weighted by Crippen LogP contribution is 2.49. The third-order valence-electron chi connectivity index (χ3n) is 2.99. The van der Waals surface area contributed by atoms with Crippen molar-refractivity contribution in [1.82, 2.24) is 0 Å². The van der Waals surface area contributed by atoms with E-state index in [1.165, 1.54) is 0 Å². The Morgan fingerprint density at radius 2 is 1.58 bits per heavy atom. The summed E-state index contributed by atoms with van der Waals surface area (Å²) in [6.45, 7) is 6.86. The van der Waals surface area contributed by atoms with Crippen molar-refractivity contribution in [3.63, 3.8) is 0 Å². The molecule has 0 aromatic carbocycles. The average molecular weight is 312 g/mol. The quantitative estimate of drug-likeness (QED) is 0.312. The normalized spacial score (nSPS) is 15.4. The van der Waals surface area contributed by atoms with E-state index in [0.717, 1.165) is 19.3 Å². The molecule has 0 heterocycles. The van der Waals surface area contributed by atoms with Crippen LogP contribution in [0.25, 0.3) is 0 Å². The first-order chi connectivity index (χ1) is 8.95. The van der Waals surface area contributed by atoms with Crippen LogP contribution in [0.2, 0.25) is 12.6 Å². The Morgan fingerprint density at radius 1 is 1.00 bits per heavy atom. The van der Waals surface area contributed by atoms with Crippen molar-refractivity contribution in [3.05, 3.63) is 0 Å². The molecule has 1 unspecified atom stereocenters. The minimum atomic E-state index is -2.94. The van der Waals surface area contributed by atoms with Crippen LogP contribution in [-0.4, -0.2) is 42.2 Å². The summed E-state index contributed by atoms with van der Waals surface area (Å²) in [5, 5.41) is 0. The zero-order valence-electron chi connectivity index (χ0n) is 12.9. The van der Waals surface area contributed by atoms with Gasteiger partial charge in [-0.1, -0.05) is 20.3 Å². The molecule has 5 nitrogen and oxygen atoms in total.